The third kappa shape index (κ3) is 2.28. The second-order valence-electron chi connectivity index (χ2n) is 4.86. The summed E-state index contributed by atoms with van der Waals surface area (Å²) in [5.41, 5.74) is 1.27. The summed E-state index contributed by atoms with van der Waals surface area (Å²) >= 11 is 0. The first-order valence-corrected chi connectivity index (χ1v) is 6.22. The molecular formula is C14H19NO2. The maximum absolute atomic E-state index is 11.3. The van der Waals surface area contributed by atoms with Crippen molar-refractivity contribution in [1.29, 1.82) is 0 Å². The van der Waals surface area contributed by atoms with Gasteiger partial charge in [-0.2, -0.15) is 0 Å². The smallest absolute Gasteiger partial charge is 0.337 e. The fourth-order valence-corrected chi connectivity index (χ4v) is 2.78. The summed E-state index contributed by atoms with van der Waals surface area (Å²) in [5.74, 6) is -0.842. The highest BCUT2D eigenvalue weighted by molar-refractivity contribution is 5.94. The molecule has 0 unspecified atom stereocenters. The summed E-state index contributed by atoms with van der Waals surface area (Å²) in [6, 6.07) is 8.13. The molecule has 0 bridgehead atoms. The van der Waals surface area contributed by atoms with Gasteiger partial charge in [0, 0.05) is 12.1 Å². The van der Waals surface area contributed by atoms with Crippen LogP contribution in [0.15, 0.2) is 24.3 Å². The average Bonchev–Trinajstić information content (AvgIpc) is 2.29. The van der Waals surface area contributed by atoms with Crippen molar-refractivity contribution in [3.8, 4) is 0 Å². The number of anilines is 1. The average molecular weight is 233 g/mol. The lowest BCUT2D eigenvalue weighted by Crippen LogP contribution is -2.44. The number of benzene rings is 1. The molecule has 0 radical (unpaired) electrons. The van der Waals surface area contributed by atoms with Crippen molar-refractivity contribution in [2.45, 2.75) is 45.2 Å². The molecule has 1 aliphatic rings. The van der Waals surface area contributed by atoms with Gasteiger partial charge in [0.2, 0.25) is 0 Å². The Kier molecular flexibility index (Phi) is 3.36. The lowest BCUT2D eigenvalue weighted by Gasteiger charge is -2.41. The van der Waals surface area contributed by atoms with Gasteiger partial charge >= 0.3 is 5.97 Å². The van der Waals surface area contributed by atoms with Gasteiger partial charge in [0.15, 0.2) is 0 Å². The Morgan fingerprint density at radius 2 is 1.82 bits per heavy atom. The number of piperidine rings is 1. The normalized spacial score (nSPS) is 24.7. The quantitative estimate of drug-likeness (QED) is 0.853. The Bertz CT molecular complexity index is 406. The van der Waals surface area contributed by atoms with Crippen LogP contribution < -0.4 is 4.90 Å². The molecule has 17 heavy (non-hydrogen) atoms. The molecule has 0 saturated carbocycles. The Morgan fingerprint density at radius 1 is 1.24 bits per heavy atom. The van der Waals surface area contributed by atoms with Gasteiger partial charge in [-0.15, -0.1) is 0 Å². The third-order valence-electron chi connectivity index (χ3n) is 3.61. The SMILES string of the molecule is C[C@H]1CCC[C@H](C)N1c1ccccc1C(=O)O. The number of rotatable bonds is 2. The van der Waals surface area contributed by atoms with Gasteiger partial charge in [0.05, 0.1) is 11.3 Å². The van der Waals surface area contributed by atoms with Crippen molar-refractivity contribution in [1.82, 2.24) is 0 Å². The molecule has 0 aliphatic carbocycles. The number of carboxylic acid groups (broad SMARTS) is 1. The summed E-state index contributed by atoms with van der Waals surface area (Å²) in [6.07, 6.45) is 3.50. The highest BCUT2D eigenvalue weighted by Gasteiger charge is 2.27. The number of nitrogens with zero attached hydrogens (tertiary/aromatic N) is 1. The molecule has 1 heterocycles. The molecule has 1 saturated heterocycles. The van der Waals surface area contributed by atoms with Crippen molar-refractivity contribution < 1.29 is 9.90 Å². The van der Waals surface area contributed by atoms with Crippen molar-refractivity contribution in [3.05, 3.63) is 29.8 Å². The first-order chi connectivity index (χ1) is 8.11. The molecule has 0 aromatic heterocycles. The molecule has 1 aliphatic heterocycles. The van der Waals surface area contributed by atoms with Crippen molar-refractivity contribution in [3.63, 3.8) is 0 Å². The van der Waals surface area contributed by atoms with Crippen LogP contribution >= 0.6 is 0 Å². The van der Waals surface area contributed by atoms with Crippen LogP contribution in [-0.4, -0.2) is 23.2 Å². The van der Waals surface area contributed by atoms with E-state index in [9.17, 15) is 9.90 Å². The second kappa shape index (κ2) is 4.78. The maximum atomic E-state index is 11.3. The van der Waals surface area contributed by atoms with E-state index in [4.69, 9.17) is 0 Å². The zero-order chi connectivity index (χ0) is 12.4. The lowest BCUT2D eigenvalue weighted by atomic mass is 9.95. The minimum Gasteiger partial charge on any atom is -0.478 e. The lowest BCUT2D eigenvalue weighted by molar-refractivity contribution is 0.0697. The molecule has 2 atom stereocenters. The summed E-state index contributed by atoms with van der Waals surface area (Å²) in [5, 5.41) is 9.24. The third-order valence-corrected chi connectivity index (χ3v) is 3.61. The van der Waals surface area contributed by atoms with Crippen LogP contribution in [0.25, 0.3) is 0 Å². The molecule has 1 aromatic carbocycles. The highest BCUT2D eigenvalue weighted by Crippen LogP contribution is 2.31. The van der Waals surface area contributed by atoms with Gasteiger partial charge in [-0.1, -0.05) is 12.1 Å². The number of hydrogen-bond acceptors (Lipinski definition) is 2. The fourth-order valence-electron chi connectivity index (χ4n) is 2.78. The van der Waals surface area contributed by atoms with Gasteiger partial charge in [-0.25, -0.2) is 4.79 Å². The number of para-hydroxylation sites is 1. The zero-order valence-electron chi connectivity index (χ0n) is 10.4. The number of carboxylic acids is 1. The molecule has 3 heteroatoms. The van der Waals surface area contributed by atoms with E-state index in [0.717, 1.165) is 18.5 Å². The van der Waals surface area contributed by atoms with Crippen LogP contribution in [0.2, 0.25) is 0 Å². The minimum absolute atomic E-state index is 0.410. The Labute approximate surface area is 102 Å². The molecule has 92 valence electrons. The van der Waals surface area contributed by atoms with Gasteiger partial charge in [0.1, 0.15) is 0 Å². The molecule has 0 amide bonds. The molecule has 1 aromatic rings. The highest BCUT2D eigenvalue weighted by atomic mass is 16.4. The van der Waals surface area contributed by atoms with Crippen LogP contribution in [0.4, 0.5) is 5.69 Å². The predicted octanol–water partition coefficient (Wildman–Crippen LogP) is 3.15. The monoisotopic (exact) mass is 233 g/mol. The van der Waals surface area contributed by atoms with E-state index in [0.29, 0.717) is 17.6 Å². The summed E-state index contributed by atoms with van der Waals surface area (Å²) in [7, 11) is 0. The zero-order valence-corrected chi connectivity index (χ0v) is 10.4. The number of hydrogen-bond donors (Lipinski definition) is 1. The first-order valence-electron chi connectivity index (χ1n) is 6.22. The largest absolute Gasteiger partial charge is 0.478 e. The van der Waals surface area contributed by atoms with Crippen molar-refractivity contribution in [2.75, 3.05) is 4.90 Å². The molecule has 1 fully saturated rings. The minimum atomic E-state index is -0.842. The maximum Gasteiger partial charge on any atom is 0.337 e. The molecule has 2 rings (SSSR count). The van der Waals surface area contributed by atoms with E-state index >= 15 is 0 Å². The summed E-state index contributed by atoms with van der Waals surface area (Å²) in [6.45, 7) is 4.35. The van der Waals surface area contributed by atoms with E-state index in [-0.39, 0.29) is 0 Å². The number of carbonyl (C=O) groups is 1. The van der Waals surface area contributed by atoms with E-state index in [1.165, 1.54) is 6.42 Å². The van der Waals surface area contributed by atoms with E-state index in [1.807, 2.05) is 12.1 Å². The van der Waals surface area contributed by atoms with Crippen LogP contribution in [0.5, 0.6) is 0 Å². The van der Waals surface area contributed by atoms with Gasteiger partial charge in [0.25, 0.3) is 0 Å². The summed E-state index contributed by atoms with van der Waals surface area (Å²) in [4.78, 5) is 13.5. The van der Waals surface area contributed by atoms with Crippen LogP contribution in [0.3, 0.4) is 0 Å². The van der Waals surface area contributed by atoms with Crippen LogP contribution in [-0.2, 0) is 0 Å². The Morgan fingerprint density at radius 3 is 2.41 bits per heavy atom. The van der Waals surface area contributed by atoms with E-state index in [1.54, 1.807) is 12.1 Å². The predicted molar refractivity (Wildman–Crippen MR) is 68.7 cm³/mol. The van der Waals surface area contributed by atoms with Crippen LogP contribution in [0, 0.1) is 0 Å². The Balaban J connectivity index is 2.41. The molecule has 3 nitrogen and oxygen atoms in total. The van der Waals surface area contributed by atoms with E-state index in [2.05, 4.69) is 18.7 Å². The molecule has 1 N–H and O–H groups in total. The summed E-state index contributed by atoms with van der Waals surface area (Å²) < 4.78 is 0. The van der Waals surface area contributed by atoms with Crippen LogP contribution in [0.1, 0.15) is 43.5 Å². The molecule has 0 spiro atoms. The molecular weight excluding hydrogens is 214 g/mol. The van der Waals surface area contributed by atoms with Gasteiger partial charge in [-0.05, 0) is 45.2 Å². The van der Waals surface area contributed by atoms with Crippen molar-refractivity contribution >= 4 is 11.7 Å². The van der Waals surface area contributed by atoms with Gasteiger partial charge in [-0.3, -0.25) is 0 Å². The van der Waals surface area contributed by atoms with Crippen molar-refractivity contribution in [2.24, 2.45) is 0 Å². The second-order valence-corrected chi connectivity index (χ2v) is 4.86. The topological polar surface area (TPSA) is 40.5 Å². The standard InChI is InChI=1S/C14H19NO2/c1-10-6-5-7-11(2)15(10)13-9-4-3-8-12(13)14(16)17/h3-4,8-11H,5-7H2,1-2H3,(H,16,17)/t10-,11-/m0/s1. The van der Waals surface area contributed by atoms with E-state index < -0.39 is 5.97 Å². The van der Waals surface area contributed by atoms with Gasteiger partial charge < -0.3 is 10.0 Å². The number of aromatic carboxylic acids is 1. The Hall–Kier alpha value is -1.51. The fraction of sp³-hybridized carbons (Fsp3) is 0.500. The first kappa shape index (κ1) is 12.0.